The highest BCUT2D eigenvalue weighted by atomic mass is 35.5. The molecule has 2 atom stereocenters. The number of sulfonamides is 1. The molecule has 2 aromatic rings. The third-order valence-corrected chi connectivity index (χ3v) is 5.41. The quantitative estimate of drug-likeness (QED) is 0.668. The van der Waals surface area contributed by atoms with Crippen molar-refractivity contribution in [2.75, 3.05) is 5.32 Å². The average molecular weight is 398 g/mol. The fourth-order valence-corrected chi connectivity index (χ4v) is 3.56. The van der Waals surface area contributed by atoms with Crippen molar-refractivity contribution in [2.24, 2.45) is 5.73 Å². The topological polar surface area (TPSA) is 101 Å². The van der Waals surface area contributed by atoms with Gasteiger partial charge in [0.1, 0.15) is 6.04 Å². The Balaban J connectivity index is 0.00000338. The Morgan fingerprint density at radius 3 is 2.38 bits per heavy atom. The van der Waals surface area contributed by atoms with Crippen LogP contribution in [0.2, 0.25) is 0 Å². The summed E-state index contributed by atoms with van der Waals surface area (Å²) >= 11 is 0. The maximum Gasteiger partial charge on any atom is 0.245 e. The summed E-state index contributed by atoms with van der Waals surface area (Å²) in [5.74, 6) is -0.407. The maximum atomic E-state index is 12.3. The van der Waals surface area contributed by atoms with Crippen molar-refractivity contribution in [1.82, 2.24) is 4.72 Å². The lowest BCUT2D eigenvalue weighted by atomic mass is 10.1. The molecule has 8 heteroatoms. The second-order valence-corrected chi connectivity index (χ2v) is 7.55. The molecule has 0 heterocycles. The van der Waals surface area contributed by atoms with E-state index in [0.717, 1.165) is 0 Å². The third-order valence-electron chi connectivity index (χ3n) is 3.82. The number of carbonyl (C=O) groups is 1. The maximum absolute atomic E-state index is 12.3. The van der Waals surface area contributed by atoms with Gasteiger partial charge in [0, 0.05) is 11.7 Å². The molecule has 2 unspecified atom stereocenters. The van der Waals surface area contributed by atoms with Crippen molar-refractivity contribution < 1.29 is 13.2 Å². The molecule has 0 fully saturated rings. The second-order valence-electron chi connectivity index (χ2n) is 5.84. The van der Waals surface area contributed by atoms with Gasteiger partial charge in [-0.3, -0.25) is 4.79 Å². The van der Waals surface area contributed by atoms with Gasteiger partial charge >= 0.3 is 0 Å². The number of halogens is 1. The summed E-state index contributed by atoms with van der Waals surface area (Å²) < 4.78 is 27.3. The Labute approximate surface area is 160 Å². The molecule has 2 aromatic carbocycles. The molecule has 0 spiro atoms. The van der Waals surface area contributed by atoms with Crippen LogP contribution in [-0.2, 0) is 14.8 Å². The monoisotopic (exact) mass is 397 g/mol. The highest BCUT2D eigenvalue weighted by Gasteiger charge is 2.19. The Morgan fingerprint density at radius 1 is 1.12 bits per heavy atom. The van der Waals surface area contributed by atoms with E-state index in [-0.39, 0.29) is 23.3 Å². The van der Waals surface area contributed by atoms with Crippen LogP contribution in [0.25, 0.3) is 0 Å². The van der Waals surface area contributed by atoms with E-state index in [1.54, 1.807) is 43.3 Å². The van der Waals surface area contributed by atoms with Crippen LogP contribution in [0.15, 0.2) is 59.5 Å². The molecule has 1 amide bonds. The van der Waals surface area contributed by atoms with Gasteiger partial charge in [-0.2, -0.15) is 0 Å². The van der Waals surface area contributed by atoms with Crippen LogP contribution in [-0.4, -0.2) is 20.4 Å². The highest BCUT2D eigenvalue weighted by molar-refractivity contribution is 7.89. The lowest BCUT2D eigenvalue weighted by molar-refractivity contribution is -0.117. The minimum Gasteiger partial charge on any atom is -0.324 e. The van der Waals surface area contributed by atoms with Crippen LogP contribution in [0.3, 0.4) is 0 Å². The largest absolute Gasteiger partial charge is 0.324 e. The number of carbonyl (C=O) groups excluding carboxylic acids is 1. The van der Waals surface area contributed by atoms with E-state index in [4.69, 9.17) is 5.73 Å². The predicted octanol–water partition coefficient (Wildman–Crippen LogP) is 2.82. The fourth-order valence-electron chi connectivity index (χ4n) is 2.19. The number of rotatable bonds is 7. The van der Waals surface area contributed by atoms with Gasteiger partial charge in [-0.05, 0) is 37.1 Å². The van der Waals surface area contributed by atoms with E-state index < -0.39 is 22.0 Å². The molecule has 142 valence electrons. The summed E-state index contributed by atoms with van der Waals surface area (Å²) in [4.78, 5) is 12.4. The Kier molecular flexibility index (Phi) is 8.23. The number of nitrogens with one attached hydrogen (secondary N) is 2. The second kappa shape index (κ2) is 9.68. The van der Waals surface area contributed by atoms with E-state index in [1.807, 2.05) is 13.0 Å². The van der Waals surface area contributed by atoms with Crippen LogP contribution in [0.5, 0.6) is 0 Å². The van der Waals surface area contributed by atoms with Gasteiger partial charge in [0.2, 0.25) is 15.9 Å². The van der Waals surface area contributed by atoms with Crippen LogP contribution >= 0.6 is 12.4 Å². The van der Waals surface area contributed by atoms with E-state index in [1.165, 1.54) is 12.1 Å². The molecule has 0 saturated carbocycles. The zero-order valence-electron chi connectivity index (χ0n) is 14.7. The zero-order chi connectivity index (χ0) is 18.4. The molecule has 0 aromatic heterocycles. The van der Waals surface area contributed by atoms with Crippen molar-refractivity contribution >= 4 is 34.0 Å². The minimum atomic E-state index is -3.63. The van der Waals surface area contributed by atoms with Crippen molar-refractivity contribution in [3.05, 3.63) is 60.2 Å². The van der Waals surface area contributed by atoms with E-state index in [9.17, 15) is 13.2 Å². The summed E-state index contributed by atoms with van der Waals surface area (Å²) in [6, 6.07) is 14.1. The third kappa shape index (κ3) is 5.81. The van der Waals surface area contributed by atoms with Crippen molar-refractivity contribution in [3.8, 4) is 0 Å². The highest BCUT2D eigenvalue weighted by Crippen LogP contribution is 2.18. The van der Waals surface area contributed by atoms with Crippen molar-refractivity contribution in [3.63, 3.8) is 0 Å². The summed E-state index contributed by atoms with van der Waals surface area (Å²) in [5, 5.41) is 2.66. The van der Waals surface area contributed by atoms with Crippen molar-refractivity contribution in [2.45, 2.75) is 37.2 Å². The molecule has 26 heavy (non-hydrogen) atoms. The van der Waals surface area contributed by atoms with E-state index in [0.29, 0.717) is 17.7 Å². The molecular weight excluding hydrogens is 374 g/mol. The van der Waals surface area contributed by atoms with E-state index >= 15 is 0 Å². The number of hydrogen-bond acceptors (Lipinski definition) is 4. The fraction of sp³-hybridized carbons (Fsp3) is 0.278. The molecule has 4 N–H and O–H groups in total. The number of amides is 1. The minimum absolute atomic E-state index is 0. The van der Waals surface area contributed by atoms with E-state index in [2.05, 4.69) is 10.0 Å². The van der Waals surface area contributed by atoms with Crippen LogP contribution < -0.4 is 15.8 Å². The Bertz CT molecular complexity index is 829. The zero-order valence-corrected chi connectivity index (χ0v) is 16.3. The average Bonchev–Trinajstić information content (AvgIpc) is 2.61. The molecule has 0 bridgehead atoms. The van der Waals surface area contributed by atoms with Gasteiger partial charge in [-0.1, -0.05) is 43.3 Å². The summed E-state index contributed by atoms with van der Waals surface area (Å²) in [5.41, 5.74) is 7.01. The summed E-state index contributed by atoms with van der Waals surface area (Å²) in [6.07, 6.45) is 0.682. The molecular formula is C18H24ClN3O3S. The van der Waals surface area contributed by atoms with Gasteiger partial charge in [0.15, 0.2) is 0 Å². The van der Waals surface area contributed by atoms with Gasteiger partial charge < -0.3 is 11.1 Å². The molecule has 0 radical (unpaired) electrons. The van der Waals surface area contributed by atoms with Crippen LogP contribution in [0.1, 0.15) is 31.9 Å². The molecule has 0 aliphatic heterocycles. The summed E-state index contributed by atoms with van der Waals surface area (Å²) in [6.45, 7) is 3.69. The molecule has 2 rings (SSSR count). The standard InChI is InChI=1S/C18H23N3O3S.ClH/c1-3-13(2)21-25(23,24)16-11-7-10-15(12-16)20-18(22)17(19)14-8-5-4-6-9-14;/h4-13,17,21H,3,19H2,1-2H3,(H,20,22);1H. The smallest absolute Gasteiger partial charge is 0.245 e. The predicted molar refractivity (Wildman–Crippen MR) is 106 cm³/mol. The number of anilines is 1. The van der Waals surface area contributed by atoms with Gasteiger partial charge in [0.25, 0.3) is 0 Å². The molecule has 0 aliphatic rings. The first-order valence-electron chi connectivity index (χ1n) is 8.07. The number of hydrogen-bond donors (Lipinski definition) is 3. The van der Waals surface area contributed by atoms with Gasteiger partial charge in [-0.15, -0.1) is 12.4 Å². The van der Waals surface area contributed by atoms with Crippen LogP contribution in [0.4, 0.5) is 5.69 Å². The molecule has 0 saturated heterocycles. The first-order valence-corrected chi connectivity index (χ1v) is 9.55. The number of benzene rings is 2. The SMILES string of the molecule is CCC(C)NS(=O)(=O)c1cccc(NC(=O)C(N)c2ccccc2)c1.Cl. The number of nitrogens with two attached hydrogens (primary N) is 1. The Hall–Kier alpha value is -1.93. The van der Waals surface area contributed by atoms with Crippen LogP contribution in [0, 0.1) is 0 Å². The van der Waals surface area contributed by atoms with Gasteiger partial charge in [0.05, 0.1) is 4.90 Å². The van der Waals surface area contributed by atoms with Gasteiger partial charge in [-0.25, -0.2) is 13.1 Å². The first kappa shape index (κ1) is 22.1. The lowest BCUT2D eigenvalue weighted by Crippen LogP contribution is -2.32. The first-order chi connectivity index (χ1) is 11.8. The molecule has 0 aliphatic carbocycles. The summed E-state index contributed by atoms with van der Waals surface area (Å²) in [7, 11) is -3.63. The Morgan fingerprint density at radius 2 is 1.77 bits per heavy atom. The molecule has 6 nitrogen and oxygen atoms in total. The van der Waals surface area contributed by atoms with Crippen molar-refractivity contribution in [1.29, 1.82) is 0 Å². The lowest BCUT2D eigenvalue weighted by Gasteiger charge is -2.15. The normalized spacial score (nSPS) is 13.3.